The second kappa shape index (κ2) is 6.68. The molecule has 0 heterocycles. The lowest BCUT2D eigenvalue weighted by Crippen LogP contribution is -2.12. The third kappa shape index (κ3) is 3.98. The Morgan fingerprint density at radius 2 is 1.14 bits per heavy atom. The van der Waals surface area contributed by atoms with Crippen molar-refractivity contribution in [2.24, 2.45) is 0 Å². The molecule has 0 aliphatic heterocycles. The summed E-state index contributed by atoms with van der Waals surface area (Å²) in [5.41, 5.74) is -0.346. The predicted octanol–water partition coefficient (Wildman–Crippen LogP) is 1.71. The molecule has 0 rings (SSSR count). The largest absolute Gasteiger partial charge is 0.478 e. The number of carbonyl (C=O) groups is 2. The van der Waals surface area contributed by atoms with Gasteiger partial charge in [-0.2, -0.15) is 0 Å². The van der Waals surface area contributed by atoms with Crippen molar-refractivity contribution in [3.8, 4) is 0 Å². The Morgan fingerprint density at radius 1 is 0.857 bits per heavy atom. The van der Waals surface area contributed by atoms with E-state index in [4.69, 9.17) is 33.4 Å². The van der Waals surface area contributed by atoms with Crippen LogP contribution >= 0.6 is 23.2 Å². The fourth-order valence-corrected chi connectivity index (χ4v) is 1.34. The van der Waals surface area contributed by atoms with Crippen LogP contribution in [0.25, 0.3) is 0 Å². The van der Waals surface area contributed by atoms with Crippen LogP contribution in [0.4, 0.5) is 0 Å². The van der Waals surface area contributed by atoms with Crippen LogP contribution in [0.5, 0.6) is 0 Å². The SMILES string of the molecule is O=C(O)/C(CCCl)=C(\CCCl)C(=O)O. The van der Waals surface area contributed by atoms with E-state index in [9.17, 15) is 9.59 Å². The third-order valence-corrected chi connectivity index (χ3v) is 1.95. The quantitative estimate of drug-likeness (QED) is 0.548. The van der Waals surface area contributed by atoms with Crippen molar-refractivity contribution in [2.45, 2.75) is 12.8 Å². The number of hydrogen-bond donors (Lipinski definition) is 2. The Hall–Kier alpha value is -0.740. The first-order chi connectivity index (χ1) is 6.54. The molecular weight excluding hydrogens is 231 g/mol. The number of carboxylic acid groups (broad SMARTS) is 2. The fraction of sp³-hybridized carbons (Fsp3) is 0.500. The van der Waals surface area contributed by atoms with Crippen LogP contribution in [0.3, 0.4) is 0 Å². The van der Waals surface area contributed by atoms with Gasteiger partial charge in [0.15, 0.2) is 0 Å². The van der Waals surface area contributed by atoms with Gasteiger partial charge in [0.25, 0.3) is 0 Å². The van der Waals surface area contributed by atoms with E-state index >= 15 is 0 Å². The zero-order chi connectivity index (χ0) is 11.1. The van der Waals surface area contributed by atoms with E-state index in [0.29, 0.717) is 0 Å². The first-order valence-electron chi connectivity index (χ1n) is 3.85. The van der Waals surface area contributed by atoms with E-state index < -0.39 is 11.9 Å². The van der Waals surface area contributed by atoms with Gasteiger partial charge < -0.3 is 10.2 Å². The smallest absolute Gasteiger partial charge is 0.332 e. The van der Waals surface area contributed by atoms with Crippen molar-refractivity contribution >= 4 is 35.1 Å². The molecule has 0 unspecified atom stereocenters. The molecule has 14 heavy (non-hydrogen) atoms. The van der Waals surface area contributed by atoms with Crippen LogP contribution in [0.2, 0.25) is 0 Å². The lowest BCUT2D eigenvalue weighted by Gasteiger charge is -2.05. The standard InChI is InChI=1S/C8H10Cl2O4/c9-3-1-5(7(11)12)6(2-4-10)8(13)14/h1-4H2,(H,11,12)(H,13,14)/b6-5+. The minimum atomic E-state index is -1.26. The zero-order valence-electron chi connectivity index (χ0n) is 7.30. The Balaban J connectivity index is 5.03. The van der Waals surface area contributed by atoms with Crippen LogP contribution in [-0.2, 0) is 9.59 Å². The molecule has 0 saturated carbocycles. The summed E-state index contributed by atoms with van der Waals surface area (Å²) in [6.45, 7) is 0. The molecule has 0 aliphatic rings. The molecule has 0 aromatic carbocycles. The molecule has 2 N–H and O–H groups in total. The molecule has 0 bridgehead atoms. The first-order valence-corrected chi connectivity index (χ1v) is 4.92. The highest BCUT2D eigenvalue weighted by atomic mass is 35.5. The molecule has 80 valence electrons. The third-order valence-electron chi connectivity index (χ3n) is 1.57. The topological polar surface area (TPSA) is 74.6 Å². The van der Waals surface area contributed by atoms with Gasteiger partial charge in [-0.1, -0.05) is 0 Å². The summed E-state index contributed by atoms with van der Waals surface area (Å²) in [5, 5.41) is 17.5. The molecule has 0 radical (unpaired) electrons. The van der Waals surface area contributed by atoms with Gasteiger partial charge in [-0.15, -0.1) is 23.2 Å². The maximum absolute atomic E-state index is 10.7. The Bertz CT molecular complexity index is 234. The highest BCUT2D eigenvalue weighted by molar-refractivity contribution is 6.19. The van der Waals surface area contributed by atoms with Crippen molar-refractivity contribution in [3.63, 3.8) is 0 Å². The molecule has 0 amide bonds. The predicted molar refractivity (Wildman–Crippen MR) is 53.0 cm³/mol. The van der Waals surface area contributed by atoms with Crippen LogP contribution in [-0.4, -0.2) is 33.9 Å². The molecule has 0 aromatic heterocycles. The molecule has 0 saturated heterocycles. The van der Waals surface area contributed by atoms with Gasteiger partial charge in [0.2, 0.25) is 0 Å². The lowest BCUT2D eigenvalue weighted by atomic mass is 10.0. The monoisotopic (exact) mass is 240 g/mol. The maximum atomic E-state index is 10.7. The summed E-state index contributed by atoms with van der Waals surface area (Å²) in [5.74, 6) is -2.37. The summed E-state index contributed by atoms with van der Waals surface area (Å²) in [6.07, 6.45) is 0.0465. The van der Waals surface area contributed by atoms with Gasteiger partial charge in [-0.25, -0.2) is 9.59 Å². The maximum Gasteiger partial charge on any atom is 0.332 e. The number of carboxylic acids is 2. The molecule has 0 spiro atoms. The second-order valence-corrected chi connectivity index (χ2v) is 3.20. The number of halogens is 2. The summed E-state index contributed by atoms with van der Waals surface area (Å²) in [6, 6.07) is 0. The Kier molecular flexibility index (Phi) is 6.32. The van der Waals surface area contributed by atoms with E-state index in [-0.39, 0.29) is 35.7 Å². The van der Waals surface area contributed by atoms with E-state index in [1.165, 1.54) is 0 Å². The summed E-state index contributed by atoms with van der Waals surface area (Å²) in [4.78, 5) is 21.4. The van der Waals surface area contributed by atoms with Crippen molar-refractivity contribution < 1.29 is 19.8 Å². The van der Waals surface area contributed by atoms with E-state index in [1.54, 1.807) is 0 Å². The number of aliphatic carboxylic acids is 2. The van der Waals surface area contributed by atoms with Gasteiger partial charge in [0.05, 0.1) is 0 Å². The normalized spacial score (nSPS) is 12.1. The zero-order valence-corrected chi connectivity index (χ0v) is 8.81. The van der Waals surface area contributed by atoms with Crippen molar-refractivity contribution in [3.05, 3.63) is 11.1 Å². The fourth-order valence-electron chi connectivity index (χ4n) is 0.963. The average Bonchev–Trinajstić information content (AvgIpc) is 2.10. The first kappa shape index (κ1) is 13.3. The average molecular weight is 241 g/mol. The van der Waals surface area contributed by atoms with Crippen LogP contribution < -0.4 is 0 Å². The summed E-state index contributed by atoms with van der Waals surface area (Å²) < 4.78 is 0. The van der Waals surface area contributed by atoms with Crippen molar-refractivity contribution in [1.29, 1.82) is 0 Å². The van der Waals surface area contributed by atoms with Gasteiger partial charge in [0, 0.05) is 22.9 Å². The van der Waals surface area contributed by atoms with Crippen molar-refractivity contribution in [2.75, 3.05) is 11.8 Å². The van der Waals surface area contributed by atoms with Gasteiger partial charge >= 0.3 is 11.9 Å². The Morgan fingerprint density at radius 3 is 1.29 bits per heavy atom. The van der Waals surface area contributed by atoms with E-state index in [1.807, 2.05) is 0 Å². The van der Waals surface area contributed by atoms with Gasteiger partial charge in [0.1, 0.15) is 0 Å². The van der Waals surface area contributed by atoms with Gasteiger partial charge in [-0.3, -0.25) is 0 Å². The summed E-state index contributed by atoms with van der Waals surface area (Å²) >= 11 is 10.7. The minimum absolute atomic E-state index is 0.0232. The van der Waals surface area contributed by atoms with E-state index in [0.717, 1.165) is 0 Å². The molecule has 0 aromatic rings. The van der Waals surface area contributed by atoms with E-state index in [2.05, 4.69) is 0 Å². The second-order valence-electron chi connectivity index (χ2n) is 2.45. The lowest BCUT2D eigenvalue weighted by molar-refractivity contribution is -0.136. The van der Waals surface area contributed by atoms with Crippen LogP contribution in [0.15, 0.2) is 11.1 Å². The van der Waals surface area contributed by atoms with Crippen LogP contribution in [0, 0.1) is 0 Å². The highest BCUT2D eigenvalue weighted by Gasteiger charge is 2.18. The summed E-state index contributed by atoms with van der Waals surface area (Å²) in [7, 11) is 0. The number of rotatable bonds is 6. The van der Waals surface area contributed by atoms with Gasteiger partial charge in [-0.05, 0) is 12.8 Å². The highest BCUT2D eigenvalue weighted by Crippen LogP contribution is 2.15. The molecule has 6 heteroatoms. The molecule has 0 aliphatic carbocycles. The molecule has 4 nitrogen and oxygen atoms in total. The molecule has 0 fully saturated rings. The minimum Gasteiger partial charge on any atom is -0.478 e. The Labute approximate surface area is 91.1 Å². The van der Waals surface area contributed by atoms with Crippen molar-refractivity contribution in [1.82, 2.24) is 0 Å². The molecule has 0 atom stereocenters. The number of alkyl halides is 2. The number of hydrogen-bond acceptors (Lipinski definition) is 2. The van der Waals surface area contributed by atoms with Crippen LogP contribution in [0.1, 0.15) is 12.8 Å². The molecular formula is C8H10Cl2O4.